The summed E-state index contributed by atoms with van der Waals surface area (Å²) in [7, 11) is 0. The van der Waals surface area contributed by atoms with E-state index < -0.39 is 41.5 Å². The number of rotatable bonds is 2. The molecule has 0 bridgehead atoms. The molecule has 1 aliphatic rings. The zero-order valence-corrected chi connectivity index (χ0v) is 11.3. The lowest BCUT2D eigenvalue weighted by molar-refractivity contribution is -0.0850. The summed E-state index contributed by atoms with van der Waals surface area (Å²) in [6.07, 6.45) is -5.19. The predicted octanol–water partition coefficient (Wildman–Crippen LogP) is -1.70. The number of alkyl halides is 1. The van der Waals surface area contributed by atoms with Crippen LogP contribution < -0.4 is 11.2 Å². The number of aromatic amines is 1. The van der Waals surface area contributed by atoms with Gasteiger partial charge in [0.05, 0.1) is 6.10 Å². The molecule has 0 spiro atoms. The fourth-order valence-corrected chi connectivity index (χ4v) is 2.18. The van der Waals surface area contributed by atoms with Gasteiger partial charge in [0.25, 0.3) is 5.56 Å². The van der Waals surface area contributed by atoms with E-state index in [1.54, 1.807) is 0 Å². The molecule has 2 rings (SSSR count). The van der Waals surface area contributed by atoms with E-state index in [2.05, 4.69) is 16.9 Å². The van der Waals surface area contributed by atoms with Crippen molar-refractivity contribution in [1.82, 2.24) is 14.8 Å². The molecule has 1 fully saturated rings. The molecule has 1 aromatic heterocycles. The number of nitrogens with zero attached hydrogens (tertiary/aromatic N) is 2. The lowest BCUT2D eigenvalue weighted by atomic mass is 9.94. The Kier molecular flexibility index (Phi) is 3.95. The maximum Gasteiger partial charge on any atom is 0.347 e. The highest BCUT2D eigenvalue weighted by Crippen LogP contribution is 2.41. The first-order valence-electron chi connectivity index (χ1n) is 6.14. The zero-order valence-electron chi connectivity index (χ0n) is 11.3. The van der Waals surface area contributed by atoms with E-state index in [1.165, 1.54) is 13.8 Å². The van der Waals surface area contributed by atoms with Gasteiger partial charge in [-0.05, 0) is 13.8 Å². The number of hydrogen-bond donors (Lipinski definition) is 3. The third-order valence-electron chi connectivity index (χ3n) is 3.14. The Morgan fingerprint density at radius 1 is 1.62 bits per heavy atom. The third kappa shape index (κ3) is 2.49. The van der Waals surface area contributed by atoms with Gasteiger partial charge in [0.2, 0.25) is 11.9 Å². The molecule has 2 heterocycles. The molecular formula is C12H14FN3O5. The monoisotopic (exact) mass is 299 g/mol. The van der Waals surface area contributed by atoms with Crippen LogP contribution in [0.4, 0.5) is 4.39 Å². The van der Waals surface area contributed by atoms with Gasteiger partial charge in [0, 0.05) is 0 Å². The van der Waals surface area contributed by atoms with Gasteiger partial charge < -0.3 is 14.9 Å². The Morgan fingerprint density at radius 3 is 2.81 bits per heavy atom. The second-order valence-corrected chi connectivity index (χ2v) is 4.67. The van der Waals surface area contributed by atoms with Gasteiger partial charge in [-0.25, -0.2) is 9.18 Å². The average molecular weight is 299 g/mol. The summed E-state index contributed by atoms with van der Waals surface area (Å²) in [6.45, 7) is 2.66. The molecular weight excluding hydrogens is 285 g/mol. The number of ether oxygens (including phenoxy) is 1. The Labute approximate surface area is 118 Å². The van der Waals surface area contributed by atoms with Crippen molar-refractivity contribution in [2.75, 3.05) is 0 Å². The quantitative estimate of drug-likeness (QED) is 0.560. The van der Waals surface area contributed by atoms with Gasteiger partial charge in [0.15, 0.2) is 0 Å². The van der Waals surface area contributed by atoms with E-state index in [0.717, 1.165) is 6.20 Å². The zero-order chi connectivity index (χ0) is 15.8. The normalized spacial score (nSPS) is 33.3. The van der Waals surface area contributed by atoms with Crippen LogP contribution in [-0.2, 0) is 4.74 Å². The van der Waals surface area contributed by atoms with Gasteiger partial charge in [0.1, 0.15) is 18.4 Å². The number of aliphatic hydroxyl groups is 2. The third-order valence-corrected chi connectivity index (χ3v) is 3.14. The Hall–Kier alpha value is -2.02. The van der Waals surface area contributed by atoms with Crippen LogP contribution in [0.2, 0.25) is 0 Å². The molecule has 5 atom stereocenters. The summed E-state index contributed by atoms with van der Waals surface area (Å²) in [5.41, 5.74) is -4.41. The van der Waals surface area contributed by atoms with Gasteiger partial charge in [-0.3, -0.25) is 9.78 Å². The van der Waals surface area contributed by atoms with Crippen molar-refractivity contribution in [3.8, 4) is 11.8 Å². The second kappa shape index (κ2) is 5.40. The molecule has 0 radical (unpaired) electrons. The van der Waals surface area contributed by atoms with E-state index >= 15 is 0 Å². The molecule has 0 amide bonds. The van der Waals surface area contributed by atoms with E-state index in [0.29, 0.717) is 4.68 Å². The molecule has 1 saturated heterocycles. The lowest BCUT2D eigenvalue weighted by Gasteiger charge is -2.23. The standard InChI is InChI=1S/C12H14FN3O5/c1-3-4-12(13)9(19)8(6(2)17)21-10(12)16-11(20)15-7(18)5-14-16/h5-6,8-10,17,19H,1-2H3,(H,15,18,20)/t6-,8+,9-,10+,12?/m0/s1. The van der Waals surface area contributed by atoms with Crippen LogP contribution in [0.5, 0.6) is 0 Å². The number of nitrogens with one attached hydrogen (secondary N) is 1. The number of halogens is 1. The first kappa shape index (κ1) is 15.4. The summed E-state index contributed by atoms with van der Waals surface area (Å²) in [5, 5.41) is 23.0. The molecule has 21 heavy (non-hydrogen) atoms. The summed E-state index contributed by atoms with van der Waals surface area (Å²) in [6, 6.07) is 0. The van der Waals surface area contributed by atoms with Gasteiger partial charge in [-0.2, -0.15) is 9.78 Å². The lowest BCUT2D eigenvalue weighted by Crippen LogP contribution is -2.46. The molecule has 1 aliphatic heterocycles. The maximum absolute atomic E-state index is 15.0. The smallest absolute Gasteiger partial charge is 0.347 e. The summed E-state index contributed by atoms with van der Waals surface area (Å²) in [5.74, 6) is 4.46. The minimum Gasteiger partial charge on any atom is -0.391 e. The highest BCUT2D eigenvalue weighted by atomic mass is 19.1. The van der Waals surface area contributed by atoms with Gasteiger partial charge >= 0.3 is 5.69 Å². The number of aromatic nitrogens is 3. The van der Waals surface area contributed by atoms with Crippen LogP contribution in [0, 0.1) is 11.8 Å². The van der Waals surface area contributed by atoms with Crippen molar-refractivity contribution in [2.24, 2.45) is 0 Å². The number of aliphatic hydroxyl groups excluding tert-OH is 2. The van der Waals surface area contributed by atoms with Crippen LogP contribution >= 0.6 is 0 Å². The second-order valence-electron chi connectivity index (χ2n) is 4.67. The highest BCUT2D eigenvalue weighted by molar-refractivity contribution is 5.22. The highest BCUT2D eigenvalue weighted by Gasteiger charge is 2.59. The molecule has 1 unspecified atom stereocenters. The fraction of sp³-hybridized carbons (Fsp3) is 0.583. The molecule has 1 aromatic rings. The van der Waals surface area contributed by atoms with Crippen molar-refractivity contribution in [2.45, 2.75) is 44.1 Å². The first-order valence-corrected chi connectivity index (χ1v) is 6.14. The predicted molar refractivity (Wildman–Crippen MR) is 68.0 cm³/mol. The van der Waals surface area contributed by atoms with E-state index in [9.17, 15) is 24.2 Å². The van der Waals surface area contributed by atoms with Crippen molar-refractivity contribution in [1.29, 1.82) is 0 Å². The summed E-state index contributed by atoms with van der Waals surface area (Å²) < 4.78 is 20.7. The molecule has 3 N–H and O–H groups in total. The van der Waals surface area contributed by atoms with Gasteiger partial charge in [-0.15, -0.1) is 5.92 Å². The largest absolute Gasteiger partial charge is 0.391 e. The average Bonchev–Trinajstić information content (AvgIpc) is 2.64. The SMILES string of the molecule is CC#CC1(F)[C@@H](O)[C@@H]([C@H](C)O)O[C@H]1n1ncc(=O)[nH]c1=O. The Balaban J connectivity index is 2.56. The Morgan fingerprint density at radius 2 is 2.29 bits per heavy atom. The minimum atomic E-state index is -2.65. The van der Waals surface area contributed by atoms with E-state index in [-0.39, 0.29) is 0 Å². The molecule has 8 nitrogen and oxygen atoms in total. The summed E-state index contributed by atoms with van der Waals surface area (Å²) >= 11 is 0. The number of hydrogen-bond acceptors (Lipinski definition) is 6. The molecule has 0 saturated carbocycles. The molecule has 0 aromatic carbocycles. The van der Waals surface area contributed by atoms with Gasteiger partial charge in [-0.1, -0.05) is 5.92 Å². The molecule has 114 valence electrons. The van der Waals surface area contributed by atoms with Crippen LogP contribution in [0.3, 0.4) is 0 Å². The first-order chi connectivity index (χ1) is 9.81. The molecule has 9 heteroatoms. The van der Waals surface area contributed by atoms with Crippen molar-refractivity contribution in [3.05, 3.63) is 27.0 Å². The minimum absolute atomic E-state index is 0.539. The summed E-state index contributed by atoms with van der Waals surface area (Å²) in [4.78, 5) is 24.6. The van der Waals surface area contributed by atoms with Crippen LogP contribution in [-0.4, -0.2) is 49.0 Å². The van der Waals surface area contributed by atoms with E-state index in [1.807, 2.05) is 4.98 Å². The van der Waals surface area contributed by atoms with Crippen LogP contribution in [0.15, 0.2) is 15.8 Å². The van der Waals surface area contributed by atoms with Crippen molar-refractivity contribution < 1.29 is 19.3 Å². The van der Waals surface area contributed by atoms with Crippen LogP contribution in [0.25, 0.3) is 0 Å². The topological polar surface area (TPSA) is 117 Å². The van der Waals surface area contributed by atoms with E-state index in [4.69, 9.17) is 4.74 Å². The van der Waals surface area contributed by atoms with Crippen molar-refractivity contribution >= 4 is 0 Å². The molecule has 0 aliphatic carbocycles. The fourth-order valence-electron chi connectivity index (χ4n) is 2.18. The maximum atomic E-state index is 15.0. The number of H-pyrrole nitrogens is 1. The Bertz CT molecular complexity index is 703. The van der Waals surface area contributed by atoms with Crippen LogP contribution in [0.1, 0.15) is 20.1 Å². The van der Waals surface area contributed by atoms with Crippen molar-refractivity contribution in [3.63, 3.8) is 0 Å².